The van der Waals surface area contributed by atoms with E-state index in [2.05, 4.69) is 36.3 Å². The van der Waals surface area contributed by atoms with Crippen LogP contribution in [-0.4, -0.2) is 11.5 Å². The molecule has 1 aromatic heterocycles. The van der Waals surface area contributed by atoms with Crippen LogP contribution in [0.5, 0.6) is 0 Å². The minimum Gasteiger partial charge on any atom is -0.310 e. The molecule has 1 atom stereocenters. The molecule has 1 heterocycles. The van der Waals surface area contributed by atoms with Crippen LogP contribution >= 0.6 is 11.6 Å². The highest BCUT2D eigenvalue weighted by Gasteiger charge is 2.10. The minimum atomic E-state index is 0.269. The van der Waals surface area contributed by atoms with Gasteiger partial charge in [-0.05, 0) is 43.7 Å². The predicted molar refractivity (Wildman–Crippen MR) is 81.4 cm³/mol. The Labute approximate surface area is 119 Å². The Balaban J connectivity index is 2.22. The van der Waals surface area contributed by atoms with Gasteiger partial charge in [-0.2, -0.15) is 0 Å². The van der Waals surface area contributed by atoms with Crippen LogP contribution in [0.15, 0.2) is 42.6 Å². The summed E-state index contributed by atoms with van der Waals surface area (Å²) in [5, 5.41) is 4.24. The summed E-state index contributed by atoms with van der Waals surface area (Å²) >= 11 is 6.39. The average Bonchev–Trinajstić information content (AvgIpc) is 2.45. The van der Waals surface area contributed by atoms with Crippen molar-refractivity contribution < 1.29 is 0 Å². The lowest BCUT2D eigenvalue weighted by Crippen LogP contribution is -2.19. The summed E-state index contributed by atoms with van der Waals surface area (Å²) in [6.07, 6.45) is 2.91. The van der Waals surface area contributed by atoms with E-state index in [1.54, 1.807) is 6.20 Å². The lowest BCUT2D eigenvalue weighted by Gasteiger charge is -2.16. The summed E-state index contributed by atoms with van der Waals surface area (Å²) in [5.41, 5.74) is 3.14. The summed E-state index contributed by atoms with van der Waals surface area (Å²) in [5.74, 6) is 0. The first-order valence-corrected chi connectivity index (χ1v) is 7.04. The molecule has 2 aromatic rings. The first kappa shape index (κ1) is 14.0. The fourth-order valence-corrected chi connectivity index (χ4v) is 2.39. The Morgan fingerprint density at radius 2 is 2.11 bits per heavy atom. The number of nitrogens with zero attached hydrogens (tertiary/aromatic N) is 1. The molecule has 0 saturated carbocycles. The number of halogens is 1. The van der Waals surface area contributed by atoms with E-state index in [1.807, 2.05) is 24.3 Å². The van der Waals surface area contributed by atoms with E-state index >= 15 is 0 Å². The van der Waals surface area contributed by atoms with Gasteiger partial charge < -0.3 is 5.32 Å². The first-order valence-electron chi connectivity index (χ1n) is 6.66. The highest BCUT2D eigenvalue weighted by molar-refractivity contribution is 6.31. The van der Waals surface area contributed by atoms with Crippen molar-refractivity contribution in [3.8, 4) is 11.3 Å². The molecule has 19 heavy (non-hydrogen) atoms. The van der Waals surface area contributed by atoms with E-state index in [0.29, 0.717) is 0 Å². The molecule has 0 fully saturated rings. The van der Waals surface area contributed by atoms with Crippen LogP contribution in [0.25, 0.3) is 11.3 Å². The van der Waals surface area contributed by atoms with Crippen molar-refractivity contribution in [2.45, 2.75) is 26.3 Å². The van der Waals surface area contributed by atoms with Gasteiger partial charge in [0.15, 0.2) is 0 Å². The van der Waals surface area contributed by atoms with Crippen molar-refractivity contribution in [2.24, 2.45) is 0 Å². The van der Waals surface area contributed by atoms with E-state index in [1.165, 1.54) is 0 Å². The number of hydrogen-bond acceptors (Lipinski definition) is 2. The summed E-state index contributed by atoms with van der Waals surface area (Å²) < 4.78 is 0. The molecule has 2 nitrogen and oxygen atoms in total. The second-order valence-electron chi connectivity index (χ2n) is 4.63. The van der Waals surface area contributed by atoms with Gasteiger partial charge >= 0.3 is 0 Å². The van der Waals surface area contributed by atoms with Crippen molar-refractivity contribution in [2.75, 3.05) is 6.54 Å². The zero-order valence-corrected chi connectivity index (χ0v) is 12.1. The summed E-state index contributed by atoms with van der Waals surface area (Å²) in [6.45, 7) is 5.29. The van der Waals surface area contributed by atoms with Crippen LogP contribution in [0.2, 0.25) is 5.02 Å². The van der Waals surface area contributed by atoms with Crippen molar-refractivity contribution >= 4 is 11.6 Å². The van der Waals surface area contributed by atoms with Crippen molar-refractivity contribution in [3.05, 3.63) is 53.2 Å². The van der Waals surface area contributed by atoms with E-state index in [9.17, 15) is 0 Å². The molecular weight excluding hydrogens is 256 g/mol. The van der Waals surface area contributed by atoms with E-state index in [0.717, 1.165) is 34.8 Å². The molecule has 100 valence electrons. The Morgan fingerprint density at radius 3 is 2.74 bits per heavy atom. The number of pyridine rings is 1. The molecule has 0 saturated heterocycles. The topological polar surface area (TPSA) is 24.9 Å². The predicted octanol–water partition coefficient (Wildman–Crippen LogP) is 4.46. The average molecular weight is 275 g/mol. The van der Waals surface area contributed by atoms with E-state index < -0.39 is 0 Å². The first-order chi connectivity index (χ1) is 9.22. The van der Waals surface area contributed by atoms with Crippen LogP contribution in [0.3, 0.4) is 0 Å². The van der Waals surface area contributed by atoms with Crippen LogP contribution in [0.4, 0.5) is 0 Å². The van der Waals surface area contributed by atoms with Crippen LogP contribution in [0.1, 0.15) is 31.9 Å². The van der Waals surface area contributed by atoms with Crippen molar-refractivity contribution in [1.82, 2.24) is 10.3 Å². The third-order valence-corrected chi connectivity index (χ3v) is 3.46. The molecule has 0 aliphatic carbocycles. The quantitative estimate of drug-likeness (QED) is 0.871. The van der Waals surface area contributed by atoms with Crippen LogP contribution < -0.4 is 5.32 Å². The Kier molecular flexibility index (Phi) is 4.94. The molecule has 1 aromatic carbocycles. The molecule has 0 aliphatic heterocycles. The minimum absolute atomic E-state index is 0.269. The molecular formula is C16H19ClN2. The number of nitrogens with one attached hydrogen (secondary N) is 1. The van der Waals surface area contributed by atoms with Crippen molar-refractivity contribution in [1.29, 1.82) is 0 Å². The molecule has 3 heteroatoms. The third-order valence-electron chi connectivity index (χ3n) is 3.13. The molecule has 0 amide bonds. The van der Waals surface area contributed by atoms with Gasteiger partial charge in [-0.3, -0.25) is 4.98 Å². The van der Waals surface area contributed by atoms with E-state index in [4.69, 9.17) is 11.6 Å². The molecule has 1 unspecified atom stereocenters. The Bertz CT molecular complexity index is 526. The Hall–Kier alpha value is -1.38. The third kappa shape index (κ3) is 3.55. The van der Waals surface area contributed by atoms with E-state index in [-0.39, 0.29) is 6.04 Å². The van der Waals surface area contributed by atoms with Gasteiger partial charge in [0.1, 0.15) is 0 Å². The number of rotatable bonds is 5. The molecule has 0 spiro atoms. The molecule has 2 rings (SSSR count). The van der Waals surface area contributed by atoms with Crippen LogP contribution in [0, 0.1) is 0 Å². The van der Waals surface area contributed by atoms with Gasteiger partial charge in [0.2, 0.25) is 0 Å². The molecule has 0 bridgehead atoms. The molecule has 1 N–H and O–H groups in total. The second kappa shape index (κ2) is 6.69. The fraction of sp³-hybridized carbons (Fsp3) is 0.312. The summed E-state index contributed by atoms with van der Waals surface area (Å²) in [7, 11) is 0. The highest BCUT2D eigenvalue weighted by atomic mass is 35.5. The Morgan fingerprint density at radius 1 is 1.26 bits per heavy atom. The second-order valence-corrected chi connectivity index (χ2v) is 5.03. The molecule has 0 aliphatic rings. The maximum atomic E-state index is 6.39. The van der Waals surface area contributed by atoms with Gasteiger partial charge in [0.25, 0.3) is 0 Å². The van der Waals surface area contributed by atoms with Gasteiger partial charge in [0.05, 0.1) is 5.69 Å². The van der Waals surface area contributed by atoms with Crippen LogP contribution in [-0.2, 0) is 0 Å². The monoisotopic (exact) mass is 274 g/mol. The highest BCUT2D eigenvalue weighted by Crippen LogP contribution is 2.28. The summed E-state index contributed by atoms with van der Waals surface area (Å²) in [4.78, 5) is 4.34. The fourth-order valence-electron chi connectivity index (χ4n) is 2.04. The number of benzene rings is 1. The lowest BCUT2D eigenvalue weighted by molar-refractivity contribution is 0.571. The number of aromatic nitrogens is 1. The summed E-state index contributed by atoms with van der Waals surface area (Å²) in [6, 6.07) is 12.3. The van der Waals surface area contributed by atoms with Crippen molar-refractivity contribution in [3.63, 3.8) is 0 Å². The zero-order valence-electron chi connectivity index (χ0n) is 11.4. The lowest BCUT2D eigenvalue weighted by atomic mass is 10.0. The number of hydrogen-bond donors (Lipinski definition) is 1. The smallest absolute Gasteiger partial charge is 0.0702 e. The van der Waals surface area contributed by atoms with Gasteiger partial charge in [-0.25, -0.2) is 0 Å². The largest absolute Gasteiger partial charge is 0.310 e. The SMILES string of the molecule is CCCNC(C)c1ccc(-c2ccccn2)cc1Cl. The maximum absolute atomic E-state index is 6.39. The normalized spacial score (nSPS) is 12.4. The standard InChI is InChI=1S/C16H19ClN2/c1-3-9-18-12(2)14-8-7-13(11-15(14)17)16-6-4-5-10-19-16/h4-8,10-12,18H,3,9H2,1-2H3. The zero-order chi connectivity index (χ0) is 13.7. The maximum Gasteiger partial charge on any atom is 0.0702 e. The molecule has 0 radical (unpaired) electrons. The van der Waals surface area contributed by atoms with Gasteiger partial charge in [-0.15, -0.1) is 0 Å². The van der Waals surface area contributed by atoms with Gasteiger partial charge in [-0.1, -0.05) is 36.7 Å². The van der Waals surface area contributed by atoms with Gasteiger partial charge in [0, 0.05) is 22.8 Å².